The first-order valence-electron chi connectivity index (χ1n) is 48.7. The fourth-order valence-electron chi connectivity index (χ4n) is 24.8. The molecule has 0 aromatic heterocycles. The fraction of sp³-hybridized carbons (Fsp3) is 0.556. The molecule has 0 radical (unpaired) electrons. The molecule has 12 fully saturated rings. The number of methoxy groups -OCH3 is 3. The smallest absolute Gasteiger partial charge is 0.335 e. The number of carboxylic acid groups (broad SMARTS) is 1. The molecule has 6 bridgehead atoms. The first kappa shape index (κ1) is 103. The SMILES string of the molecule is COc1c(CN2O[C@@H](CO)[C@H]([C@H](C)O)[C@H]2C(=O)N[C@H]2C[C@H]3C[C@@H]([C@@H]2C)C3(C)C)cccc1-c1cc(C(=O)O)cc(C(=O)NCCc2ccccc2)c1.COc1c(CN2O[C@@H](CO)[C@H]([C@H](C)O)[C@H]2C(=O)N[C@H]2C[C@H]3C[C@@H]([C@@H]2C)C3(C)C)cccc1-c1cc(C=O)cc(N(C)C)c1.COc1c(CN2O[C@@H](CO)[C@H]([C@H](C)O)[C@H]2C(=O)N[C@H]2C[C@H]3C[C@@H]([C@@H]2C)C3(C)C)cccc1-c1cc(CO)cc(CO)c1. The van der Waals surface area contributed by atoms with Crippen LogP contribution in [0.15, 0.2) is 140 Å². The summed E-state index contributed by atoms with van der Waals surface area (Å²) in [6, 6.07) is 39.8. The summed E-state index contributed by atoms with van der Waals surface area (Å²) in [7, 11) is 8.52. The molecule has 7 aromatic rings. The minimum atomic E-state index is -1.18. The van der Waals surface area contributed by atoms with Crippen LogP contribution in [0.25, 0.3) is 33.4 Å². The predicted molar refractivity (Wildman–Crippen MR) is 519 cm³/mol. The van der Waals surface area contributed by atoms with E-state index >= 15 is 0 Å². The van der Waals surface area contributed by atoms with Gasteiger partial charge in [-0.1, -0.05) is 153 Å². The number of anilines is 1. The van der Waals surface area contributed by atoms with Crippen LogP contribution in [0.1, 0.15) is 186 Å². The van der Waals surface area contributed by atoms with Crippen molar-refractivity contribution < 1.29 is 103 Å². The van der Waals surface area contributed by atoms with Crippen molar-refractivity contribution in [1.82, 2.24) is 36.5 Å². The zero-order chi connectivity index (χ0) is 98.9. The molecule has 137 heavy (non-hydrogen) atoms. The summed E-state index contributed by atoms with van der Waals surface area (Å²) in [5.41, 5.74) is 11.2. The molecule has 742 valence electrons. The molecule has 4 amide bonds. The number of amides is 4. The Morgan fingerprint density at radius 2 is 0.818 bits per heavy atom. The molecule has 3 heterocycles. The highest BCUT2D eigenvalue weighted by Gasteiger charge is 2.61. The van der Waals surface area contributed by atoms with Gasteiger partial charge < -0.3 is 86.3 Å². The van der Waals surface area contributed by atoms with Crippen molar-refractivity contribution >= 4 is 41.6 Å². The highest BCUT2D eigenvalue weighted by molar-refractivity contribution is 6.00. The van der Waals surface area contributed by atoms with E-state index in [0.29, 0.717) is 128 Å². The molecule has 12 aliphatic rings. The lowest BCUT2D eigenvalue weighted by molar-refractivity contribution is -0.183. The van der Waals surface area contributed by atoms with Gasteiger partial charge in [-0.2, -0.15) is 15.2 Å². The number of para-hydroxylation sites is 3. The van der Waals surface area contributed by atoms with Gasteiger partial charge in [-0.3, -0.25) is 38.5 Å². The lowest BCUT2D eigenvalue weighted by Crippen LogP contribution is -2.62. The van der Waals surface area contributed by atoms with Gasteiger partial charge in [-0.05, 0) is 217 Å². The van der Waals surface area contributed by atoms with E-state index in [4.69, 9.17) is 28.7 Å². The average molecular weight is 1890 g/mol. The molecule has 0 spiro atoms. The standard InChI is InChI=1S/C41H51N3O8.C34H47N3O6.C33H46N2O7/c1-23-32-19-30(41(32,3)4)20-33(23)43-39(48)36-35(24(2)46)34(22-45)52-44(36)21-26-12-9-13-31(37(26)51-5)27-16-28(18-29(17-27)40(49)50)38(47)42-15-14-25-10-7-6-8-11-25;1-19-27-14-24(34(27,3)4)15-28(19)35-33(41)31-30(20(2)40)29(18-39)43-37(31)16-22-9-8-10-26(32(22)42-7)23-11-21(17-38)12-25(13-23)36(5)6;1-18-26-12-24(33(26,3)4)13-27(18)34-32(40)30-29(19(2)39)28(17-38)42-35(30)14-22-7-6-8-25(31(22)41-5)23-10-20(15-36)9-21(11-23)16-37/h6-13,16-18,23-24,30,32-36,45-46H,14-15,19-22H2,1-5H3,(H,42,47)(H,43,48)(H,49,50);8-13,17,19-20,24,27-31,39-40H,14-16,18H2,1-7H3,(H,35,41);6-11,18-19,24,26-30,36-39H,12-17H2,1-5H3,(H,34,40)/t23-,24-,30+,32-,33-,34-,35-,36-;19-,20-,24+,27-,28-,29-,30-,31-;18-,19-,24+,26-,27-,28-,29-,30-/m000/s1. The Morgan fingerprint density at radius 3 is 1.13 bits per heavy atom. The summed E-state index contributed by atoms with van der Waals surface area (Å²) in [4.78, 5) is 99.9. The van der Waals surface area contributed by atoms with E-state index < -0.39 is 84.4 Å². The maximum absolute atomic E-state index is 14.2. The van der Waals surface area contributed by atoms with Gasteiger partial charge in [-0.25, -0.2) is 4.79 Å². The number of aldehydes is 1. The van der Waals surface area contributed by atoms with Gasteiger partial charge in [-0.15, -0.1) is 0 Å². The van der Waals surface area contributed by atoms with Crippen LogP contribution in [-0.2, 0) is 68.2 Å². The van der Waals surface area contributed by atoms with Crippen molar-refractivity contribution in [3.63, 3.8) is 0 Å². The van der Waals surface area contributed by atoms with Crippen molar-refractivity contribution in [3.8, 4) is 50.6 Å². The molecule has 0 unspecified atom stereocenters. The van der Waals surface area contributed by atoms with Gasteiger partial charge in [0.25, 0.3) is 5.91 Å². The maximum Gasteiger partial charge on any atom is 0.335 e. The first-order valence-corrected chi connectivity index (χ1v) is 48.7. The molecule has 24 atom stereocenters. The third kappa shape index (κ3) is 21.0. The number of hydrogen-bond donors (Lipinski definition) is 13. The second-order valence-electron chi connectivity index (χ2n) is 42.0. The quantitative estimate of drug-likeness (QED) is 0.0170. The number of hydroxylamine groups is 6. The fourth-order valence-corrected chi connectivity index (χ4v) is 24.8. The van der Waals surface area contributed by atoms with E-state index in [-0.39, 0.29) is 105 Å². The summed E-state index contributed by atoms with van der Waals surface area (Å²) < 4.78 is 17.7. The van der Waals surface area contributed by atoms with Gasteiger partial charge in [0, 0.05) is 107 Å². The van der Waals surface area contributed by atoms with Crippen LogP contribution < -0.4 is 40.4 Å². The number of nitrogens with zero attached hydrogens (tertiary/aromatic N) is 4. The summed E-state index contributed by atoms with van der Waals surface area (Å²) >= 11 is 0. The molecule has 19 rings (SSSR count). The molecule has 3 aliphatic heterocycles. The molecule has 9 aliphatic carbocycles. The van der Waals surface area contributed by atoms with Gasteiger partial charge in [0.05, 0.1) is 97.9 Å². The van der Waals surface area contributed by atoms with Crippen LogP contribution in [0.2, 0.25) is 0 Å². The van der Waals surface area contributed by atoms with Gasteiger partial charge in [0.2, 0.25) is 17.7 Å². The second-order valence-corrected chi connectivity index (χ2v) is 42.0. The third-order valence-corrected chi connectivity index (χ3v) is 33.0. The first-order chi connectivity index (χ1) is 65.3. The highest BCUT2D eigenvalue weighted by Crippen LogP contribution is 2.64. The largest absolute Gasteiger partial charge is 0.496 e. The Hall–Kier alpha value is -9.80. The molecular weight excluding hydrogens is 1750 g/mol. The number of aromatic carboxylic acids is 1. The van der Waals surface area contributed by atoms with Crippen molar-refractivity contribution in [2.24, 2.45) is 87.3 Å². The lowest BCUT2D eigenvalue weighted by atomic mass is 9.45. The number of aliphatic hydroxyl groups is 8. The number of benzene rings is 7. The van der Waals surface area contributed by atoms with Gasteiger partial charge in [0.1, 0.15) is 60.0 Å². The minimum absolute atomic E-state index is 0.00180. The molecule has 29 nitrogen and oxygen atoms in total. The van der Waals surface area contributed by atoms with Crippen LogP contribution in [0, 0.1) is 87.3 Å². The molecule has 13 N–H and O–H groups in total. The third-order valence-electron chi connectivity index (χ3n) is 33.0. The topological polar surface area (TPSA) is 401 Å². The molecular formula is C108H144N8O21. The summed E-state index contributed by atoms with van der Waals surface area (Å²) in [6.07, 6.45) is 2.84. The van der Waals surface area contributed by atoms with Crippen molar-refractivity contribution in [2.45, 2.75) is 234 Å². The number of nitrogens with one attached hydrogen (secondary N) is 4. The Balaban J connectivity index is 0.000000165. The Labute approximate surface area is 805 Å². The Kier molecular flexibility index (Phi) is 32.4. The maximum atomic E-state index is 14.2. The van der Waals surface area contributed by atoms with Crippen molar-refractivity contribution in [2.75, 3.05) is 66.7 Å². The van der Waals surface area contributed by atoms with E-state index in [2.05, 4.69) is 83.6 Å². The van der Waals surface area contributed by atoms with Crippen LogP contribution >= 0.6 is 0 Å². The van der Waals surface area contributed by atoms with Crippen LogP contribution in [0.4, 0.5) is 5.69 Å². The molecule has 29 heteroatoms. The van der Waals surface area contributed by atoms with E-state index in [0.717, 1.165) is 70.2 Å². The number of ether oxygens (including phenoxy) is 3. The number of rotatable bonds is 33. The van der Waals surface area contributed by atoms with Crippen LogP contribution in [-0.4, -0.2) is 232 Å². The number of carbonyl (C=O) groups is 6. The van der Waals surface area contributed by atoms with E-state index in [1.807, 2.05) is 122 Å². The summed E-state index contributed by atoms with van der Waals surface area (Å²) in [5, 5.41) is 110. The summed E-state index contributed by atoms with van der Waals surface area (Å²) in [6.45, 7) is 24.9. The van der Waals surface area contributed by atoms with Crippen LogP contribution in [0.3, 0.4) is 0 Å². The number of aliphatic hydroxyl groups excluding tert-OH is 8. The van der Waals surface area contributed by atoms with Gasteiger partial charge >= 0.3 is 5.97 Å². The zero-order valence-corrected chi connectivity index (χ0v) is 82.2. The Bertz CT molecular complexity index is 5410. The number of carbonyl (C=O) groups excluding carboxylic acids is 5. The summed E-state index contributed by atoms with van der Waals surface area (Å²) in [5.74, 6) is 1.79. The van der Waals surface area contributed by atoms with E-state index in [1.54, 1.807) is 69.4 Å². The normalized spacial score (nSPS) is 29.2. The minimum Gasteiger partial charge on any atom is -0.496 e. The van der Waals surface area contributed by atoms with Crippen molar-refractivity contribution in [3.05, 3.63) is 190 Å². The Morgan fingerprint density at radius 1 is 0.460 bits per heavy atom. The molecule has 3 saturated heterocycles. The molecule has 9 saturated carbocycles. The van der Waals surface area contributed by atoms with Crippen LogP contribution in [0.5, 0.6) is 17.2 Å². The predicted octanol–water partition coefficient (Wildman–Crippen LogP) is 11.6. The van der Waals surface area contributed by atoms with Gasteiger partial charge in [0.15, 0.2) is 0 Å². The number of hydrogen-bond acceptors (Lipinski definition) is 24. The lowest BCUT2D eigenvalue weighted by Gasteiger charge is -2.62. The molecule has 7 aromatic carbocycles. The number of carboxylic acids is 1. The highest BCUT2D eigenvalue weighted by atomic mass is 16.7. The van der Waals surface area contributed by atoms with Crippen molar-refractivity contribution in [1.29, 1.82) is 0 Å². The number of fused-ring (bicyclic) bond motifs is 6. The zero-order valence-electron chi connectivity index (χ0n) is 82.2. The average Bonchev–Trinajstić information content (AvgIpc) is 1.35. The van der Waals surface area contributed by atoms with E-state index in [9.17, 15) is 74.7 Å². The monoisotopic (exact) mass is 1890 g/mol. The van der Waals surface area contributed by atoms with E-state index in [1.165, 1.54) is 43.6 Å². The second kappa shape index (κ2) is 43.1.